The average Bonchev–Trinajstić information content (AvgIpc) is 3.16. The summed E-state index contributed by atoms with van der Waals surface area (Å²) in [5.41, 5.74) is 6.46. The van der Waals surface area contributed by atoms with Crippen molar-refractivity contribution in [2.75, 3.05) is 16.1 Å². The van der Waals surface area contributed by atoms with Gasteiger partial charge in [0.05, 0.1) is 5.52 Å². The van der Waals surface area contributed by atoms with Crippen LogP contribution in [-0.4, -0.2) is 22.4 Å². The highest BCUT2D eigenvalue weighted by atomic mass is 79.9. The molecule has 3 aromatic carbocycles. The van der Waals surface area contributed by atoms with E-state index in [1.165, 1.54) is 4.68 Å². The summed E-state index contributed by atoms with van der Waals surface area (Å²) in [6, 6.07) is 21.7. The van der Waals surface area contributed by atoms with Crippen molar-refractivity contribution in [3.05, 3.63) is 94.1 Å². The molecule has 0 aliphatic heterocycles. The highest BCUT2D eigenvalue weighted by molar-refractivity contribution is 9.10. The summed E-state index contributed by atoms with van der Waals surface area (Å²) in [4.78, 5) is 38.6. The van der Waals surface area contributed by atoms with Crippen molar-refractivity contribution in [3.63, 3.8) is 0 Å². The fraction of sp³-hybridized carbons (Fsp3) is 0.115. The van der Waals surface area contributed by atoms with Crippen molar-refractivity contribution in [2.24, 2.45) is 0 Å². The Kier molecular flexibility index (Phi) is 6.79. The summed E-state index contributed by atoms with van der Waals surface area (Å²) in [6.45, 7) is 3.90. The molecule has 4 rings (SSSR count). The molecular weight excluding hydrogens is 496 g/mol. The zero-order chi connectivity index (χ0) is 24.2. The van der Waals surface area contributed by atoms with Gasteiger partial charge < -0.3 is 10.6 Å². The number of nitrogens with one attached hydrogen (secondary N) is 3. The first-order valence-corrected chi connectivity index (χ1v) is 11.5. The van der Waals surface area contributed by atoms with Crippen LogP contribution in [-0.2, 0) is 16.0 Å². The maximum absolute atomic E-state index is 13.1. The van der Waals surface area contributed by atoms with E-state index in [0.29, 0.717) is 23.3 Å². The number of aryl methyl sites for hydroxylation is 2. The maximum atomic E-state index is 13.1. The quantitative estimate of drug-likeness (QED) is 0.315. The predicted molar refractivity (Wildman–Crippen MR) is 138 cm³/mol. The number of benzene rings is 3. The van der Waals surface area contributed by atoms with Gasteiger partial charge in [0.15, 0.2) is 0 Å². The lowest BCUT2D eigenvalue weighted by atomic mass is 10.1. The number of carbonyl (C=O) groups excluding carboxylic acids is 3. The zero-order valence-corrected chi connectivity index (χ0v) is 20.3. The van der Waals surface area contributed by atoms with Gasteiger partial charge in [-0.1, -0.05) is 53.2 Å². The fourth-order valence-electron chi connectivity index (χ4n) is 3.67. The summed E-state index contributed by atoms with van der Waals surface area (Å²) < 4.78 is 2.16. The number of fused-ring (bicyclic) bond motifs is 1. The Morgan fingerprint density at radius 3 is 2.44 bits per heavy atom. The predicted octanol–water partition coefficient (Wildman–Crippen LogP) is 5.24. The van der Waals surface area contributed by atoms with E-state index in [1.54, 1.807) is 36.4 Å². The topological polar surface area (TPSA) is 92.2 Å². The monoisotopic (exact) mass is 518 g/mol. The van der Waals surface area contributed by atoms with Crippen LogP contribution in [0.4, 0.5) is 11.4 Å². The number of rotatable bonds is 5. The van der Waals surface area contributed by atoms with Gasteiger partial charge in [-0.15, -0.1) is 0 Å². The second-order valence-electron chi connectivity index (χ2n) is 7.80. The van der Waals surface area contributed by atoms with Crippen LogP contribution >= 0.6 is 15.9 Å². The van der Waals surface area contributed by atoms with E-state index in [-0.39, 0.29) is 5.69 Å². The number of carbonyl (C=O) groups is 3. The zero-order valence-electron chi connectivity index (χ0n) is 18.7. The van der Waals surface area contributed by atoms with Gasteiger partial charge in [0.25, 0.3) is 5.91 Å². The SMILES string of the molecule is CCc1ccccc1NC(=O)C(=O)Nn1c(C(=O)Nc2cccc(C)c2)cc2cc(Br)ccc21. The molecule has 1 heterocycles. The lowest BCUT2D eigenvalue weighted by Gasteiger charge is -2.14. The molecule has 0 radical (unpaired) electrons. The van der Waals surface area contributed by atoms with Gasteiger partial charge in [0, 0.05) is 21.2 Å². The molecule has 0 bridgehead atoms. The van der Waals surface area contributed by atoms with Crippen LogP contribution in [0, 0.1) is 6.92 Å². The summed E-state index contributed by atoms with van der Waals surface area (Å²) in [5.74, 6) is -2.14. The van der Waals surface area contributed by atoms with Gasteiger partial charge in [0.1, 0.15) is 5.69 Å². The molecule has 0 aliphatic carbocycles. The van der Waals surface area contributed by atoms with E-state index in [2.05, 4.69) is 32.0 Å². The largest absolute Gasteiger partial charge is 0.328 e. The van der Waals surface area contributed by atoms with Crippen molar-refractivity contribution in [1.29, 1.82) is 0 Å². The Morgan fingerprint density at radius 1 is 0.882 bits per heavy atom. The molecule has 1 aromatic heterocycles. The summed E-state index contributed by atoms with van der Waals surface area (Å²) >= 11 is 3.43. The second-order valence-corrected chi connectivity index (χ2v) is 8.71. The third-order valence-corrected chi connectivity index (χ3v) is 5.83. The lowest BCUT2D eigenvalue weighted by molar-refractivity contribution is -0.133. The van der Waals surface area contributed by atoms with E-state index in [0.717, 1.165) is 21.0 Å². The van der Waals surface area contributed by atoms with E-state index >= 15 is 0 Å². The second kappa shape index (κ2) is 9.93. The lowest BCUT2D eigenvalue weighted by Crippen LogP contribution is -2.36. The smallest absolute Gasteiger partial charge is 0.321 e. The van der Waals surface area contributed by atoms with Gasteiger partial charge in [-0.25, -0.2) is 4.68 Å². The van der Waals surface area contributed by atoms with Crippen LogP contribution in [0.3, 0.4) is 0 Å². The molecular formula is C26H23BrN4O3. The highest BCUT2D eigenvalue weighted by Crippen LogP contribution is 2.24. The number of hydrogen-bond donors (Lipinski definition) is 3. The molecule has 0 spiro atoms. The molecule has 0 saturated carbocycles. The molecule has 0 saturated heterocycles. The first-order valence-electron chi connectivity index (χ1n) is 10.7. The number of anilines is 2. The first kappa shape index (κ1) is 23.3. The molecule has 7 nitrogen and oxygen atoms in total. The minimum atomic E-state index is -0.893. The molecule has 0 fully saturated rings. The molecule has 3 N–H and O–H groups in total. The molecule has 3 amide bonds. The van der Waals surface area contributed by atoms with E-state index in [1.807, 2.05) is 50.2 Å². The molecule has 0 atom stereocenters. The molecule has 4 aromatic rings. The highest BCUT2D eigenvalue weighted by Gasteiger charge is 2.21. The molecule has 0 unspecified atom stereocenters. The fourth-order valence-corrected chi connectivity index (χ4v) is 4.05. The van der Waals surface area contributed by atoms with Crippen LogP contribution in [0.1, 0.15) is 28.5 Å². The third-order valence-electron chi connectivity index (χ3n) is 5.34. The Morgan fingerprint density at radius 2 is 1.68 bits per heavy atom. The van der Waals surface area contributed by atoms with Crippen molar-refractivity contribution < 1.29 is 14.4 Å². The number of nitrogens with zero attached hydrogens (tertiary/aromatic N) is 1. The Balaban J connectivity index is 1.63. The molecule has 34 heavy (non-hydrogen) atoms. The molecule has 8 heteroatoms. The van der Waals surface area contributed by atoms with Gasteiger partial charge in [-0.2, -0.15) is 0 Å². The van der Waals surface area contributed by atoms with Crippen LogP contribution < -0.4 is 16.1 Å². The van der Waals surface area contributed by atoms with Gasteiger partial charge >= 0.3 is 11.8 Å². The van der Waals surface area contributed by atoms with Crippen molar-refractivity contribution in [2.45, 2.75) is 20.3 Å². The van der Waals surface area contributed by atoms with Crippen molar-refractivity contribution >= 4 is 55.9 Å². The third kappa shape index (κ3) is 5.02. The number of amides is 3. The van der Waals surface area contributed by atoms with Crippen molar-refractivity contribution in [3.8, 4) is 0 Å². The minimum Gasteiger partial charge on any atom is -0.321 e. The van der Waals surface area contributed by atoms with Gasteiger partial charge in [0.2, 0.25) is 0 Å². The Labute approximate surface area is 205 Å². The Bertz CT molecular complexity index is 1410. The molecule has 0 aliphatic rings. The average molecular weight is 519 g/mol. The van der Waals surface area contributed by atoms with Crippen LogP contribution in [0.5, 0.6) is 0 Å². The number of hydrogen-bond acceptors (Lipinski definition) is 3. The summed E-state index contributed by atoms with van der Waals surface area (Å²) in [6.07, 6.45) is 0.707. The number of halogens is 1. The van der Waals surface area contributed by atoms with Gasteiger partial charge in [-0.05, 0) is 66.9 Å². The normalized spacial score (nSPS) is 10.7. The van der Waals surface area contributed by atoms with E-state index in [4.69, 9.17) is 0 Å². The number of aromatic nitrogens is 1. The van der Waals surface area contributed by atoms with E-state index in [9.17, 15) is 14.4 Å². The van der Waals surface area contributed by atoms with Crippen LogP contribution in [0.2, 0.25) is 0 Å². The standard InChI is InChI=1S/C26H23BrN4O3/c1-3-17-8-4-5-10-21(17)29-25(33)26(34)30-31-22-12-11-19(27)14-18(22)15-23(31)24(32)28-20-9-6-7-16(2)13-20/h4-15H,3H2,1-2H3,(H,28,32)(H,29,33)(H,30,34). The van der Waals surface area contributed by atoms with Gasteiger partial charge in [-0.3, -0.25) is 19.8 Å². The van der Waals surface area contributed by atoms with Crippen molar-refractivity contribution in [1.82, 2.24) is 4.68 Å². The Hall–Kier alpha value is -3.91. The van der Waals surface area contributed by atoms with Crippen LogP contribution in [0.15, 0.2) is 77.3 Å². The van der Waals surface area contributed by atoms with Crippen LogP contribution in [0.25, 0.3) is 10.9 Å². The summed E-state index contributed by atoms with van der Waals surface area (Å²) in [5, 5.41) is 6.23. The maximum Gasteiger partial charge on any atom is 0.328 e. The van der Waals surface area contributed by atoms with E-state index < -0.39 is 17.7 Å². The molecule has 172 valence electrons. The minimum absolute atomic E-state index is 0.185. The summed E-state index contributed by atoms with van der Waals surface area (Å²) in [7, 11) is 0. The first-order chi connectivity index (χ1) is 16.4. The number of para-hydroxylation sites is 1.